The molecule has 0 aromatic carbocycles. The van der Waals surface area contributed by atoms with E-state index in [0.717, 1.165) is 29.8 Å². The first-order valence-electron chi connectivity index (χ1n) is 5.70. The van der Waals surface area contributed by atoms with Crippen molar-refractivity contribution in [3.63, 3.8) is 0 Å². The summed E-state index contributed by atoms with van der Waals surface area (Å²) < 4.78 is 0. The molecule has 0 unspecified atom stereocenters. The first kappa shape index (κ1) is 10.7. The van der Waals surface area contributed by atoms with Gasteiger partial charge in [-0.15, -0.1) is 0 Å². The van der Waals surface area contributed by atoms with Gasteiger partial charge in [-0.05, 0) is 30.2 Å². The summed E-state index contributed by atoms with van der Waals surface area (Å²) in [5.74, 6) is 0.690. The normalized spacial score (nSPS) is 13.2. The van der Waals surface area contributed by atoms with Crippen molar-refractivity contribution in [2.45, 2.75) is 6.42 Å². The van der Waals surface area contributed by atoms with Gasteiger partial charge in [0.15, 0.2) is 0 Å². The lowest BCUT2D eigenvalue weighted by molar-refractivity contribution is -0.107. The Morgan fingerprint density at radius 2 is 2.11 bits per heavy atom. The molecule has 1 aliphatic rings. The summed E-state index contributed by atoms with van der Waals surface area (Å²) in [5, 5.41) is 0. The smallest absolute Gasteiger partial charge is 0.219 e. The number of aromatic nitrogens is 2. The molecule has 1 amide bonds. The molecule has 0 N–H and O–H groups in total. The average Bonchev–Trinajstić information content (AvgIpc) is 2.47. The number of hydrogen-bond acceptors (Lipinski definition) is 3. The summed E-state index contributed by atoms with van der Waals surface area (Å²) in [4.78, 5) is 21.3. The molecule has 3 heterocycles. The molecule has 88 valence electrons. The second kappa shape index (κ2) is 4.41. The van der Waals surface area contributed by atoms with Crippen LogP contribution in [0.3, 0.4) is 0 Å². The number of allylic oxidation sites excluding steroid dienone is 1. The minimum absolute atomic E-state index is 0.690. The molecule has 4 nitrogen and oxygen atoms in total. The van der Waals surface area contributed by atoms with Gasteiger partial charge >= 0.3 is 0 Å². The van der Waals surface area contributed by atoms with Crippen molar-refractivity contribution >= 4 is 12.2 Å². The molecule has 1 aliphatic heterocycles. The lowest BCUT2D eigenvalue weighted by atomic mass is 10.1. The second-order valence-electron chi connectivity index (χ2n) is 4.00. The number of rotatable bonds is 2. The van der Waals surface area contributed by atoms with Gasteiger partial charge < -0.3 is 0 Å². The highest BCUT2D eigenvalue weighted by Gasteiger charge is 2.15. The van der Waals surface area contributed by atoms with E-state index >= 15 is 0 Å². The molecule has 0 saturated heterocycles. The average molecular weight is 237 g/mol. The van der Waals surface area contributed by atoms with Gasteiger partial charge in [0.2, 0.25) is 6.41 Å². The highest BCUT2D eigenvalue weighted by Crippen LogP contribution is 2.25. The summed E-state index contributed by atoms with van der Waals surface area (Å²) in [5.41, 5.74) is 2.63. The van der Waals surface area contributed by atoms with Crippen LogP contribution in [0.2, 0.25) is 0 Å². The molecule has 0 aliphatic carbocycles. The second-order valence-corrected chi connectivity index (χ2v) is 4.00. The van der Waals surface area contributed by atoms with E-state index in [1.807, 2.05) is 36.4 Å². The standard InChI is InChI=1S/C14H11N3O/c18-10-17-9-3-4-11-6-7-13(16-14(11)17)12-5-1-2-8-15-12/h1-3,5-10H,4H2. The Balaban J connectivity index is 2.09. The van der Waals surface area contributed by atoms with Crippen molar-refractivity contribution in [1.29, 1.82) is 0 Å². The molecule has 0 radical (unpaired) electrons. The maximum Gasteiger partial charge on any atom is 0.219 e. The number of pyridine rings is 2. The molecule has 0 bridgehead atoms. The van der Waals surface area contributed by atoms with E-state index in [1.54, 1.807) is 12.4 Å². The summed E-state index contributed by atoms with van der Waals surface area (Å²) >= 11 is 0. The lowest BCUT2D eigenvalue weighted by Crippen LogP contribution is -2.19. The van der Waals surface area contributed by atoms with Crippen LogP contribution in [-0.2, 0) is 11.2 Å². The Morgan fingerprint density at radius 3 is 2.89 bits per heavy atom. The largest absolute Gasteiger partial charge is 0.278 e. The predicted octanol–water partition coefficient (Wildman–Crippen LogP) is 2.18. The molecule has 3 rings (SSSR count). The molecular weight excluding hydrogens is 226 g/mol. The third-order valence-corrected chi connectivity index (χ3v) is 2.85. The maximum absolute atomic E-state index is 11.0. The molecule has 0 saturated carbocycles. The van der Waals surface area contributed by atoms with Crippen LogP contribution in [0.15, 0.2) is 48.8 Å². The molecule has 0 spiro atoms. The van der Waals surface area contributed by atoms with E-state index in [-0.39, 0.29) is 0 Å². The van der Waals surface area contributed by atoms with Crippen molar-refractivity contribution in [2.75, 3.05) is 4.90 Å². The Bertz CT molecular complexity index is 608. The zero-order chi connectivity index (χ0) is 12.4. The minimum atomic E-state index is 0.690. The topological polar surface area (TPSA) is 46.1 Å². The van der Waals surface area contributed by atoms with Gasteiger partial charge in [-0.25, -0.2) is 4.98 Å². The molecule has 0 atom stereocenters. The van der Waals surface area contributed by atoms with Crippen LogP contribution in [0, 0.1) is 0 Å². The number of nitrogens with zero attached hydrogens (tertiary/aromatic N) is 3. The lowest BCUT2D eigenvalue weighted by Gasteiger charge is -2.19. The van der Waals surface area contributed by atoms with E-state index in [2.05, 4.69) is 9.97 Å². The van der Waals surface area contributed by atoms with Crippen LogP contribution >= 0.6 is 0 Å². The molecule has 4 heteroatoms. The molecule has 2 aromatic heterocycles. The Labute approximate surface area is 105 Å². The van der Waals surface area contributed by atoms with Crippen LogP contribution in [0.25, 0.3) is 11.4 Å². The monoisotopic (exact) mass is 237 g/mol. The minimum Gasteiger partial charge on any atom is -0.278 e. The number of amides is 1. The van der Waals surface area contributed by atoms with Crippen molar-refractivity contribution in [3.8, 4) is 11.4 Å². The van der Waals surface area contributed by atoms with E-state index in [9.17, 15) is 4.79 Å². The Morgan fingerprint density at radius 1 is 1.17 bits per heavy atom. The summed E-state index contributed by atoms with van der Waals surface area (Å²) in [7, 11) is 0. The highest BCUT2D eigenvalue weighted by molar-refractivity contribution is 5.79. The zero-order valence-corrected chi connectivity index (χ0v) is 9.65. The van der Waals surface area contributed by atoms with Crippen molar-refractivity contribution in [1.82, 2.24) is 9.97 Å². The van der Waals surface area contributed by atoms with Crippen LogP contribution in [0.1, 0.15) is 5.56 Å². The van der Waals surface area contributed by atoms with Crippen LogP contribution < -0.4 is 4.90 Å². The summed E-state index contributed by atoms with van der Waals surface area (Å²) in [6, 6.07) is 9.61. The number of anilines is 1. The first-order chi connectivity index (χ1) is 8.88. The maximum atomic E-state index is 11.0. The van der Waals surface area contributed by atoms with Crippen molar-refractivity contribution in [3.05, 3.63) is 54.4 Å². The fourth-order valence-electron chi connectivity index (χ4n) is 1.97. The van der Waals surface area contributed by atoms with E-state index in [4.69, 9.17) is 0 Å². The molecule has 2 aromatic rings. The fourth-order valence-corrected chi connectivity index (χ4v) is 1.97. The third kappa shape index (κ3) is 1.78. The molecule has 18 heavy (non-hydrogen) atoms. The number of carbonyl (C=O) groups is 1. The van der Waals surface area contributed by atoms with Gasteiger partial charge in [-0.1, -0.05) is 18.2 Å². The number of hydrogen-bond donors (Lipinski definition) is 0. The molecular formula is C14H11N3O. The summed E-state index contributed by atoms with van der Waals surface area (Å²) in [6.07, 6.45) is 6.98. The van der Waals surface area contributed by atoms with Crippen molar-refractivity contribution < 1.29 is 4.79 Å². The van der Waals surface area contributed by atoms with Crippen molar-refractivity contribution in [2.24, 2.45) is 0 Å². The van der Waals surface area contributed by atoms with Gasteiger partial charge in [0.1, 0.15) is 5.82 Å². The Hall–Kier alpha value is -2.49. The predicted molar refractivity (Wildman–Crippen MR) is 68.9 cm³/mol. The quantitative estimate of drug-likeness (QED) is 0.752. The van der Waals surface area contributed by atoms with Gasteiger partial charge in [0.25, 0.3) is 0 Å². The first-order valence-corrected chi connectivity index (χ1v) is 5.70. The Kier molecular flexibility index (Phi) is 2.61. The fraction of sp³-hybridized carbons (Fsp3) is 0.0714. The van der Waals surface area contributed by atoms with Crippen LogP contribution in [0.5, 0.6) is 0 Å². The zero-order valence-electron chi connectivity index (χ0n) is 9.65. The van der Waals surface area contributed by atoms with E-state index in [0.29, 0.717) is 5.82 Å². The van der Waals surface area contributed by atoms with E-state index in [1.165, 1.54) is 4.90 Å². The SMILES string of the molecule is O=CN1C=CCc2ccc(-c3ccccn3)nc21. The van der Waals surface area contributed by atoms with Gasteiger partial charge in [-0.2, -0.15) is 0 Å². The number of fused-ring (bicyclic) bond motifs is 1. The van der Waals surface area contributed by atoms with Gasteiger partial charge in [-0.3, -0.25) is 14.7 Å². The van der Waals surface area contributed by atoms with E-state index < -0.39 is 0 Å². The molecule has 0 fully saturated rings. The van der Waals surface area contributed by atoms with Crippen LogP contribution in [-0.4, -0.2) is 16.4 Å². The van der Waals surface area contributed by atoms with Crippen LogP contribution in [0.4, 0.5) is 5.82 Å². The highest BCUT2D eigenvalue weighted by atomic mass is 16.1. The number of carbonyl (C=O) groups excluding carboxylic acids is 1. The van der Waals surface area contributed by atoms with Gasteiger partial charge in [0.05, 0.1) is 11.4 Å². The third-order valence-electron chi connectivity index (χ3n) is 2.85. The summed E-state index contributed by atoms with van der Waals surface area (Å²) in [6.45, 7) is 0. The van der Waals surface area contributed by atoms with Gasteiger partial charge in [0, 0.05) is 12.4 Å².